The summed E-state index contributed by atoms with van der Waals surface area (Å²) in [5.41, 5.74) is 1.90. The molecule has 0 spiro atoms. The molecule has 3 aromatic rings. The van der Waals surface area contributed by atoms with Crippen LogP contribution in [0.2, 0.25) is 0 Å². The number of aryl methyl sites for hydroxylation is 1. The van der Waals surface area contributed by atoms with Crippen molar-refractivity contribution in [3.63, 3.8) is 0 Å². The molecule has 5 nitrogen and oxygen atoms in total. The van der Waals surface area contributed by atoms with Crippen molar-refractivity contribution >= 4 is 16.9 Å². The molecule has 0 radical (unpaired) electrons. The second-order valence-corrected chi connectivity index (χ2v) is 6.10. The van der Waals surface area contributed by atoms with Crippen LogP contribution >= 0.6 is 0 Å². The third kappa shape index (κ3) is 2.31. The zero-order valence-electron chi connectivity index (χ0n) is 14.0. The van der Waals surface area contributed by atoms with Gasteiger partial charge in [-0.05, 0) is 18.2 Å². The van der Waals surface area contributed by atoms with E-state index in [0.29, 0.717) is 17.1 Å². The molecule has 1 atom stereocenters. The lowest BCUT2D eigenvalue weighted by Gasteiger charge is -2.27. The Morgan fingerprint density at radius 3 is 2.60 bits per heavy atom. The molecule has 2 aromatic carbocycles. The molecule has 0 saturated carbocycles. The van der Waals surface area contributed by atoms with Crippen LogP contribution in [0, 0.1) is 0 Å². The maximum Gasteiger partial charge on any atom is 0.312 e. The number of benzene rings is 2. The lowest BCUT2D eigenvalue weighted by Crippen LogP contribution is -2.31. The van der Waals surface area contributed by atoms with E-state index in [1.807, 2.05) is 48.5 Å². The van der Waals surface area contributed by atoms with Gasteiger partial charge >= 0.3 is 5.97 Å². The Kier molecular flexibility index (Phi) is 3.57. The van der Waals surface area contributed by atoms with Gasteiger partial charge < -0.3 is 14.0 Å². The van der Waals surface area contributed by atoms with Crippen LogP contribution in [0.4, 0.5) is 0 Å². The summed E-state index contributed by atoms with van der Waals surface area (Å²) in [6.45, 7) is 0. The lowest BCUT2D eigenvalue weighted by molar-refractivity contribution is -0.135. The number of carbonyl (C=O) groups excluding carboxylic acids is 1. The lowest BCUT2D eigenvalue weighted by atomic mass is 9.85. The summed E-state index contributed by atoms with van der Waals surface area (Å²) in [5, 5.41) is 0.757. The van der Waals surface area contributed by atoms with Crippen molar-refractivity contribution in [2.45, 2.75) is 12.3 Å². The number of methoxy groups -OCH3 is 1. The predicted molar refractivity (Wildman–Crippen MR) is 94.3 cm³/mol. The molecule has 0 N–H and O–H groups in total. The number of rotatable bonds is 2. The standard InChI is InChI=1S/C20H17NO4/c1-21-15-9-5-3-8-13(15)19-18(20(21)23)14(11-17(22)25-19)12-7-4-6-10-16(12)24-2/h3-10,14H,11H2,1-2H3/t14-/m1/s1. The first kappa shape index (κ1) is 15.4. The van der Waals surface area contributed by atoms with Gasteiger partial charge in [0.25, 0.3) is 5.56 Å². The van der Waals surface area contributed by atoms with Crippen molar-refractivity contribution in [1.82, 2.24) is 4.57 Å². The first-order valence-electron chi connectivity index (χ1n) is 8.07. The predicted octanol–water partition coefficient (Wildman–Crippen LogP) is 2.99. The Labute approximate surface area is 144 Å². The summed E-state index contributed by atoms with van der Waals surface area (Å²) < 4.78 is 12.6. The molecule has 0 bridgehead atoms. The molecule has 1 aliphatic heterocycles. The van der Waals surface area contributed by atoms with Crippen LogP contribution in [-0.2, 0) is 11.8 Å². The Balaban J connectivity index is 2.07. The van der Waals surface area contributed by atoms with E-state index in [9.17, 15) is 9.59 Å². The molecule has 0 fully saturated rings. The maximum absolute atomic E-state index is 13.0. The highest BCUT2D eigenvalue weighted by Crippen LogP contribution is 2.42. The fourth-order valence-corrected chi connectivity index (χ4v) is 3.55. The summed E-state index contributed by atoms with van der Waals surface area (Å²) in [6.07, 6.45) is 0.112. The highest BCUT2D eigenvalue weighted by atomic mass is 16.5. The quantitative estimate of drug-likeness (QED) is 0.676. The Hall–Kier alpha value is -3.08. The van der Waals surface area contributed by atoms with E-state index in [0.717, 1.165) is 16.5 Å². The monoisotopic (exact) mass is 335 g/mol. The number of hydrogen-bond donors (Lipinski definition) is 0. The van der Waals surface area contributed by atoms with E-state index in [4.69, 9.17) is 9.47 Å². The summed E-state index contributed by atoms with van der Waals surface area (Å²) >= 11 is 0. The van der Waals surface area contributed by atoms with E-state index in [1.165, 1.54) is 0 Å². The van der Waals surface area contributed by atoms with Crippen LogP contribution in [-0.4, -0.2) is 17.6 Å². The summed E-state index contributed by atoms with van der Waals surface area (Å²) in [4.78, 5) is 25.3. The minimum absolute atomic E-state index is 0.112. The Bertz CT molecular complexity index is 1050. The summed E-state index contributed by atoms with van der Waals surface area (Å²) in [7, 11) is 3.32. The SMILES string of the molecule is COc1ccccc1[C@H]1CC(=O)Oc2c1c(=O)n(C)c1ccccc21. The van der Waals surface area contributed by atoms with Crippen LogP contribution in [0.15, 0.2) is 53.3 Å². The number of fused-ring (bicyclic) bond motifs is 3. The van der Waals surface area contributed by atoms with Gasteiger partial charge in [0.05, 0.1) is 24.6 Å². The summed E-state index contributed by atoms with van der Waals surface area (Å²) in [6, 6.07) is 14.9. The van der Waals surface area contributed by atoms with Gasteiger partial charge in [-0.3, -0.25) is 9.59 Å². The van der Waals surface area contributed by atoms with Gasteiger partial charge in [0.2, 0.25) is 0 Å². The number of esters is 1. The maximum atomic E-state index is 13.0. The smallest absolute Gasteiger partial charge is 0.312 e. The average Bonchev–Trinajstić information content (AvgIpc) is 2.65. The number of pyridine rings is 1. The molecule has 0 aliphatic carbocycles. The van der Waals surface area contributed by atoms with Crippen molar-refractivity contribution in [3.05, 3.63) is 70.0 Å². The second-order valence-electron chi connectivity index (χ2n) is 6.10. The fraction of sp³-hybridized carbons (Fsp3) is 0.200. The largest absolute Gasteiger partial charge is 0.496 e. The molecule has 4 rings (SSSR count). The van der Waals surface area contributed by atoms with Gasteiger partial charge in [-0.15, -0.1) is 0 Å². The van der Waals surface area contributed by atoms with Crippen LogP contribution in [0.3, 0.4) is 0 Å². The minimum Gasteiger partial charge on any atom is -0.496 e. The van der Waals surface area contributed by atoms with Crippen molar-refractivity contribution in [3.8, 4) is 11.5 Å². The third-order valence-corrected chi connectivity index (χ3v) is 4.74. The van der Waals surface area contributed by atoms with E-state index >= 15 is 0 Å². The highest BCUT2D eigenvalue weighted by molar-refractivity contribution is 5.91. The molecular formula is C20H17NO4. The molecule has 25 heavy (non-hydrogen) atoms. The van der Waals surface area contributed by atoms with Crippen molar-refractivity contribution in [2.75, 3.05) is 7.11 Å². The molecule has 0 amide bonds. The van der Waals surface area contributed by atoms with Crippen LogP contribution in [0.5, 0.6) is 11.5 Å². The zero-order valence-corrected chi connectivity index (χ0v) is 14.0. The molecule has 126 valence electrons. The molecule has 1 aromatic heterocycles. The van der Waals surface area contributed by atoms with Gasteiger partial charge in [0.15, 0.2) is 0 Å². The molecule has 1 aliphatic rings. The third-order valence-electron chi connectivity index (χ3n) is 4.74. The molecular weight excluding hydrogens is 318 g/mol. The summed E-state index contributed by atoms with van der Waals surface area (Å²) in [5.74, 6) is 0.284. The zero-order chi connectivity index (χ0) is 17.6. The van der Waals surface area contributed by atoms with Crippen LogP contribution < -0.4 is 15.0 Å². The van der Waals surface area contributed by atoms with E-state index in [1.54, 1.807) is 18.7 Å². The Morgan fingerprint density at radius 2 is 1.80 bits per heavy atom. The number of hydrogen-bond acceptors (Lipinski definition) is 4. The molecule has 2 heterocycles. The Morgan fingerprint density at radius 1 is 1.08 bits per heavy atom. The van der Waals surface area contributed by atoms with Crippen molar-refractivity contribution in [1.29, 1.82) is 0 Å². The number of carbonyl (C=O) groups is 1. The van der Waals surface area contributed by atoms with Crippen molar-refractivity contribution in [2.24, 2.45) is 7.05 Å². The molecule has 0 saturated heterocycles. The number of nitrogens with zero attached hydrogens (tertiary/aromatic N) is 1. The topological polar surface area (TPSA) is 57.5 Å². The highest BCUT2D eigenvalue weighted by Gasteiger charge is 2.34. The average molecular weight is 335 g/mol. The van der Waals surface area contributed by atoms with Crippen LogP contribution in [0.1, 0.15) is 23.5 Å². The fourth-order valence-electron chi connectivity index (χ4n) is 3.55. The van der Waals surface area contributed by atoms with Crippen LogP contribution in [0.25, 0.3) is 10.9 Å². The van der Waals surface area contributed by atoms with Gasteiger partial charge in [-0.1, -0.05) is 30.3 Å². The van der Waals surface area contributed by atoms with E-state index in [-0.39, 0.29) is 17.9 Å². The first-order chi connectivity index (χ1) is 12.1. The van der Waals surface area contributed by atoms with Gasteiger partial charge in [-0.25, -0.2) is 0 Å². The van der Waals surface area contributed by atoms with Gasteiger partial charge in [0, 0.05) is 23.9 Å². The molecule has 5 heteroatoms. The van der Waals surface area contributed by atoms with Crippen molar-refractivity contribution < 1.29 is 14.3 Å². The van der Waals surface area contributed by atoms with Gasteiger partial charge in [-0.2, -0.15) is 0 Å². The number of ether oxygens (including phenoxy) is 2. The first-order valence-corrected chi connectivity index (χ1v) is 8.07. The number of para-hydroxylation sites is 2. The van der Waals surface area contributed by atoms with Gasteiger partial charge in [0.1, 0.15) is 11.5 Å². The minimum atomic E-state index is -0.393. The molecule has 0 unspecified atom stereocenters. The van der Waals surface area contributed by atoms with E-state index in [2.05, 4.69) is 0 Å². The second kappa shape index (κ2) is 5.77. The normalized spacial score (nSPS) is 16.4. The number of aromatic nitrogens is 1. The van der Waals surface area contributed by atoms with E-state index < -0.39 is 5.92 Å².